The first kappa shape index (κ1) is 18.4. The number of nitrogens with one attached hydrogen (secondary N) is 1. The van der Waals surface area contributed by atoms with Gasteiger partial charge < -0.3 is 5.32 Å². The van der Waals surface area contributed by atoms with Gasteiger partial charge in [0, 0.05) is 38.1 Å². The molecule has 1 amide bonds. The molecule has 1 aliphatic heterocycles. The third-order valence-corrected chi connectivity index (χ3v) is 6.24. The number of benzene rings is 1. The number of piperazine rings is 1. The SMILES string of the molecule is Cc1nc(CN2CCN(CC(=O)Nc3nc4ccc(F)cc4s3)CC2)cs1. The Hall–Kier alpha value is -1.94. The minimum atomic E-state index is -0.297. The second kappa shape index (κ2) is 7.97. The highest BCUT2D eigenvalue weighted by atomic mass is 32.1. The Morgan fingerprint density at radius 3 is 2.74 bits per heavy atom. The van der Waals surface area contributed by atoms with Gasteiger partial charge in [-0.25, -0.2) is 14.4 Å². The van der Waals surface area contributed by atoms with Gasteiger partial charge in [0.1, 0.15) is 5.82 Å². The van der Waals surface area contributed by atoms with Crippen molar-refractivity contribution in [2.75, 3.05) is 38.0 Å². The number of hydrogen-bond donors (Lipinski definition) is 1. The van der Waals surface area contributed by atoms with Crippen molar-refractivity contribution in [1.29, 1.82) is 0 Å². The Morgan fingerprint density at radius 2 is 2.00 bits per heavy atom. The lowest BCUT2D eigenvalue weighted by Gasteiger charge is -2.33. The Bertz CT molecular complexity index is 948. The van der Waals surface area contributed by atoms with Crippen molar-refractivity contribution >= 4 is 43.9 Å². The van der Waals surface area contributed by atoms with E-state index in [1.807, 2.05) is 6.92 Å². The van der Waals surface area contributed by atoms with E-state index in [4.69, 9.17) is 0 Å². The van der Waals surface area contributed by atoms with Crippen LogP contribution in [-0.4, -0.2) is 58.4 Å². The van der Waals surface area contributed by atoms with Gasteiger partial charge in [0.15, 0.2) is 5.13 Å². The molecule has 2 aromatic heterocycles. The lowest BCUT2D eigenvalue weighted by atomic mass is 10.3. The number of carbonyl (C=O) groups is 1. The zero-order valence-electron chi connectivity index (χ0n) is 14.9. The molecular weight excluding hydrogens is 385 g/mol. The Kier molecular flexibility index (Phi) is 5.44. The molecule has 1 aromatic carbocycles. The van der Waals surface area contributed by atoms with Gasteiger partial charge in [-0.15, -0.1) is 11.3 Å². The molecule has 0 saturated carbocycles. The summed E-state index contributed by atoms with van der Waals surface area (Å²) in [7, 11) is 0. The summed E-state index contributed by atoms with van der Waals surface area (Å²) in [5.41, 5.74) is 1.82. The summed E-state index contributed by atoms with van der Waals surface area (Å²) < 4.78 is 14.0. The van der Waals surface area contributed by atoms with Crippen molar-refractivity contribution < 1.29 is 9.18 Å². The fourth-order valence-electron chi connectivity index (χ4n) is 3.13. The van der Waals surface area contributed by atoms with Crippen molar-refractivity contribution in [3.8, 4) is 0 Å². The second-order valence-electron chi connectivity index (χ2n) is 6.59. The van der Waals surface area contributed by atoms with E-state index in [0.29, 0.717) is 17.2 Å². The average Bonchev–Trinajstić information content (AvgIpc) is 3.21. The first-order valence-electron chi connectivity index (χ1n) is 8.77. The highest BCUT2D eigenvalue weighted by Crippen LogP contribution is 2.26. The van der Waals surface area contributed by atoms with Gasteiger partial charge in [-0.3, -0.25) is 14.6 Å². The maximum Gasteiger partial charge on any atom is 0.240 e. The number of nitrogens with zero attached hydrogens (tertiary/aromatic N) is 4. The molecule has 27 heavy (non-hydrogen) atoms. The van der Waals surface area contributed by atoms with Crippen LogP contribution in [0.5, 0.6) is 0 Å². The van der Waals surface area contributed by atoms with Gasteiger partial charge in [-0.2, -0.15) is 0 Å². The summed E-state index contributed by atoms with van der Waals surface area (Å²) >= 11 is 2.97. The first-order chi connectivity index (χ1) is 13.0. The molecule has 3 heterocycles. The summed E-state index contributed by atoms with van der Waals surface area (Å²) in [5, 5.41) is 6.55. The Morgan fingerprint density at radius 1 is 1.22 bits per heavy atom. The molecule has 1 fully saturated rings. The zero-order valence-corrected chi connectivity index (χ0v) is 16.6. The van der Waals surface area contributed by atoms with E-state index in [2.05, 4.69) is 30.5 Å². The van der Waals surface area contributed by atoms with E-state index in [0.717, 1.165) is 48.1 Å². The van der Waals surface area contributed by atoms with Crippen molar-refractivity contribution in [2.45, 2.75) is 13.5 Å². The van der Waals surface area contributed by atoms with Crippen molar-refractivity contribution in [1.82, 2.24) is 19.8 Å². The minimum Gasteiger partial charge on any atom is -0.301 e. The van der Waals surface area contributed by atoms with Crippen molar-refractivity contribution in [2.24, 2.45) is 0 Å². The highest BCUT2D eigenvalue weighted by Gasteiger charge is 2.20. The molecule has 9 heteroatoms. The molecule has 142 valence electrons. The third kappa shape index (κ3) is 4.67. The van der Waals surface area contributed by atoms with Crippen LogP contribution in [0.1, 0.15) is 10.7 Å². The molecule has 0 bridgehead atoms. The fourth-order valence-corrected chi connectivity index (χ4v) is 4.64. The van der Waals surface area contributed by atoms with Crippen LogP contribution in [-0.2, 0) is 11.3 Å². The monoisotopic (exact) mass is 405 g/mol. The smallest absolute Gasteiger partial charge is 0.240 e. The molecule has 1 saturated heterocycles. The summed E-state index contributed by atoms with van der Waals surface area (Å²) in [6.07, 6.45) is 0. The number of hydrogen-bond acceptors (Lipinski definition) is 7. The molecule has 4 rings (SSSR count). The van der Waals surface area contributed by atoms with E-state index < -0.39 is 0 Å². The van der Waals surface area contributed by atoms with E-state index in [1.54, 1.807) is 17.4 Å². The van der Waals surface area contributed by atoms with Crippen LogP contribution in [0.15, 0.2) is 23.6 Å². The van der Waals surface area contributed by atoms with Gasteiger partial charge in [0.25, 0.3) is 0 Å². The first-order valence-corrected chi connectivity index (χ1v) is 10.5. The Balaban J connectivity index is 1.26. The molecule has 0 atom stereocenters. The molecule has 0 aliphatic carbocycles. The second-order valence-corrected chi connectivity index (χ2v) is 8.68. The van der Waals surface area contributed by atoms with Crippen LogP contribution in [0.2, 0.25) is 0 Å². The van der Waals surface area contributed by atoms with Crippen molar-refractivity contribution in [3.63, 3.8) is 0 Å². The number of fused-ring (bicyclic) bond motifs is 1. The molecule has 0 unspecified atom stereocenters. The zero-order chi connectivity index (χ0) is 18.8. The Labute approximate surface area is 164 Å². The number of aryl methyl sites for hydroxylation is 1. The van der Waals surface area contributed by atoms with Crippen LogP contribution in [0.4, 0.5) is 9.52 Å². The molecule has 3 aromatic rings. The molecule has 1 aliphatic rings. The summed E-state index contributed by atoms with van der Waals surface area (Å²) in [6.45, 7) is 6.77. The normalized spacial score (nSPS) is 16.1. The molecule has 0 spiro atoms. The van der Waals surface area contributed by atoms with Crippen LogP contribution in [0, 0.1) is 12.7 Å². The van der Waals surface area contributed by atoms with E-state index >= 15 is 0 Å². The highest BCUT2D eigenvalue weighted by molar-refractivity contribution is 7.22. The van der Waals surface area contributed by atoms with Crippen LogP contribution in [0.25, 0.3) is 10.2 Å². The number of rotatable bonds is 5. The largest absolute Gasteiger partial charge is 0.301 e. The van der Waals surface area contributed by atoms with Gasteiger partial charge in [0.05, 0.1) is 27.5 Å². The predicted octanol–water partition coefficient (Wildman–Crippen LogP) is 2.96. The maximum atomic E-state index is 13.3. The lowest BCUT2D eigenvalue weighted by Crippen LogP contribution is -2.48. The summed E-state index contributed by atoms with van der Waals surface area (Å²) in [5.74, 6) is -0.382. The quantitative estimate of drug-likeness (QED) is 0.707. The maximum absolute atomic E-state index is 13.3. The van der Waals surface area contributed by atoms with E-state index in [1.165, 1.54) is 23.5 Å². The van der Waals surface area contributed by atoms with Gasteiger partial charge in [-0.1, -0.05) is 11.3 Å². The minimum absolute atomic E-state index is 0.0851. The van der Waals surface area contributed by atoms with Gasteiger partial charge in [-0.05, 0) is 25.1 Å². The molecule has 6 nitrogen and oxygen atoms in total. The van der Waals surface area contributed by atoms with Crippen LogP contribution < -0.4 is 5.32 Å². The van der Waals surface area contributed by atoms with Crippen LogP contribution in [0.3, 0.4) is 0 Å². The number of halogens is 1. The number of amides is 1. The molecule has 0 radical (unpaired) electrons. The standard InChI is InChI=1S/C18H20FN5OS2/c1-12-20-14(11-26-12)9-23-4-6-24(7-5-23)10-17(25)22-18-21-15-3-2-13(19)8-16(15)27-18/h2-3,8,11H,4-7,9-10H2,1H3,(H,21,22,25). The fraction of sp³-hybridized carbons (Fsp3) is 0.389. The lowest BCUT2D eigenvalue weighted by molar-refractivity contribution is -0.117. The van der Waals surface area contributed by atoms with Gasteiger partial charge >= 0.3 is 0 Å². The summed E-state index contributed by atoms with van der Waals surface area (Å²) in [4.78, 5) is 25.7. The van der Waals surface area contributed by atoms with Crippen LogP contribution >= 0.6 is 22.7 Å². The van der Waals surface area contributed by atoms with Gasteiger partial charge in [0.2, 0.25) is 5.91 Å². The number of carbonyl (C=O) groups excluding carboxylic acids is 1. The number of aromatic nitrogens is 2. The van der Waals surface area contributed by atoms with E-state index in [-0.39, 0.29) is 11.7 Å². The van der Waals surface area contributed by atoms with E-state index in [9.17, 15) is 9.18 Å². The predicted molar refractivity (Wildman–Crippen MR) is 107 cm³/mol. The number of thiazole rings is 2. The number of anilines is 1. The molecule has 1 N–H and O–H groups in total. The average molecular weight is 406 g/mol. The molecular formula is C18H20FN5OS2. The third-order valence-electron chi connectivity index (χ3n) is 4.48. The summed E-state index contributed by atoms with van der Waals surface area (Å²) in [6, 6.07) is 4.44. The van der Waals surface area contributed by atoms with Crippen molar-refractivity contribution in [3.05, 3.63) is 40.1 Å². The topological polar surface area (TPSA) is 61.4 Å².